The highest BCUT2D eigenvalue weighted by Gasteiger charge is 2.34. The van der Waals surface area contributed by atoms with E-state index in [9.17, 15) is 31.2 Å². The fourth-order valence-corrected chi connectivity index (χ4v) is 6.24. The zero-order chi connectivity index (χ0) is 24.2. The molecule has 1 amide bonds. The zero-order valence-electron chi connectivity index (χ0n) is 17.6. The van der Waals surface area contributed by atoms with E-state index < -0.39 is 33.6 Å². The highest BCUT2D eigenvalue weighted by molar-refractivity contribution is 7.89. The van der Waals surface area contributed by atoms with E-state index in [0.29, 0.717) is 13.0 Å². The van der Waals surface area contributed by atoms with Crippen LogP contribution in [0.25, 0.3) is 0 Å². The number of alkyl halides is 3. The second-order valence-corrected chi connectivity index (χ2v) is 10.1. The Labute approximate surface area is 193 Å². The summed E-state index contributed by atoms with van der Waals surface area (Å²) in [5.41, 5.74) is -1.27. The Balaban J connectivity index is 1.65. The second-order valence-electron chi connectivity index (χ2n) is 7.23. The molecule has 3 rings (SSSR count). The number of hydrogen-bond acceptors (Lipinski definition) is 7. The van der Waals surface area contributed by atoms with Crippen molar-refractivity contribution in [2.75, 3.05) is 45.2 Å². The number of esters is 1. The molecule has 33 heavy (non-hydrogen) atoms. The quantitative estimate of drug-likeness (QED) is 0.607. The molecule has 1 N–H and O–H groups in total. The van der Waals surface area contributed by atoms with Crippen molar-refractivity contribution >= 4 is 38.9 Å². The van der Waals surface area contributed by atoms with Gasteiger partial charge in [0.2, 0.25) is 15.9 Å². The molecule has 1 aliphatic heterocycles. The first kappa shape index (κ1) is 25.1. The zero-order valence-corrected chi connectivity index (χ0v) is 19.2. The molecule has 1 fully saturated rings. The molecule has 0 unspecified atom stereocenters. The summed E-state index contributed by atoms with van der Waals surface area (Å²) in [7, 11) is -2.79. The summed E-state index contributed by atoms with van der Waals surface area (Å²) in [6.45, 7) is 0.629. The summed E-state index contributed by atoms with van der Waals surface area (Å²) in [5, 5.41) is 3.78. The van der Waals surface area contributed by atoms with Crippen LogP contribution in [0.4, 0.5) is 18.9 Å². The molecule has 1 saturated heterocycles. The van der Waals surface area contributed by atoms with E-state index >= 15 is 0 Å². The molecule has 180 valence electrons. The topological polar surface area (TPSA) is 96.0 Å². The summed E-state index contributed by atoms with van der Waals surface area (Å²) in [6, 6.07) is 6.04. The number of ether oxygens (including phenoxy) is 1. The molecule has 0 radical (unpaired) electrons. The van der Waals surface area contributed by atoms with Gasteiger partial charge in [-0.15, -0.1) is 11.3 Å². The van der Waals surface area contributed by atoms with Gasteiger partial charge in [-0.1, -0.05) is 12.1 Å². The lowest BCUT2D eigenvalue weighted by Gasteiger charge is -2.22. The summed E-state index contributed by atoms with van der Waals surface area (Å²) in [6.07, 6.45) is -4.20. The van der Waals surface area contributed by atoms with Gasteiger partial charge < -0.3 is 10.1 Å². The minimum absolute atomic E-state index is 0.0127. The van der Waals surface area contributed by atoms with E-state index in [0.717, 1.165) is 17.4 Å². The van der Waals surface area contributed by atoms with Gasteiger partial charge in [0.25, 0.3) is 0 Å². The van der Waals surface area contributed by atoms with Crippen molar-refractivity contribution in [1.29, 1.82) is 0 Å². The fraction of sp³-hybridized carbons (Fsp3) is 0.400. The predicted octanol–water partition coefficient (Wildman–Crippen LogP) is 2.89. The van der Waals surface area contributed by atoms with Crippen molar-refractivity contribution in [3.05, 3.63) is 46.2 Å². The van der Waals surface area contributed by atoms with Crippen molar-refractivity contribution in [1.82, 2.24) is 9.21 Å². The van der Waals surface area contributed by atoms with Crippen LogP contribution in [0.2, 0.25) is 0 Å². The lowest BCUT2D eigenvalue weighted by atomic mass is 10.1. The number of nitrogens with one attached hydrogen (secondary N) is 1. The number of carbonyl (C=O) groups is 2. The Kier molecular flexibility index (Phi) is 7.77. The number of para-hydroxylation sites is 1. The molecule has 0 saturated carbocycles. The van der Waals surface area contributed by atoms with Gasteiger partial charge in [0, 0.05) is 19.6 Å². The monoisotopic (exact) mass is 505 g/mol. The molecule has 0 spiro atoms. The highest BCUT2D eigenvalue weighted by Crippen LogP contribution is 2.34. The van der Waals surface area contributed by atoms with Crippen LogP contribution in [0.5, 0.6) is 0 Å². The van der Waals surface area contributed by atoms with Gasteiger partial charge >= 0.3 is 12.1 Å². The molecular formula is C20H22F3N3O5S2. The molecule has 1 aromatic carbocycles. The third kappa shape index (κ3) is 5.91. The molecule has 1 aliphatic rings. The number of sulfonamides is 1. The van der Waals surface area contributed by atoms with Crippen LogP contribution in [-0.2, 0) is 25.7 Å². The highest BCUT2D eigenvalue weighted by atomic mass is 32.2. The maximum atomic E-state index is 13.1. The van der Waals surface area contributed by atoms with Gasteiger partial charge in [0.15, 0.2) is 0 Å². The number of methoxy groups -OCH3 is 1. The average Bonchev–Trinajstić information content (AvgIpc) is 3.14. The lowest BCUT2D eigenvalue weighted by molar-refractivity contribution is -0.137. The number of nitrogens with zero attached hydrogens (tertiary/aromatic N) is 2. The van der Waals surface area contributed by atoms with E-state index in [1.807, 2.05) is 0 Å². The minimum Gasteiger partial charge on any atom is -0.465 e. The van der Waals surface area contributed by atoms with Gasteiger partial charge in [-0.3, -0.25) is 9.69 Å². The van der Waals surface area contributed by atoms with Crippen molar-refractivity contribution in [3.63, 3.8) is 0 Å². The van der Waals surface area contributed by atoms with Crippen LogP contribution in [0.15, 0.2) is 40.6 Å². The first-order valence-electron chi connectivity index (χ1n) is 9.88. The summed E-state index contributed by atoms with van der Waals surface area (Å²) < 4.78 is 71.4. The van der Waals surface area contributed by atoms with E-state index in [-0.39, 0.29) is 41.6 Å². The fourth-order valence-electron chi connectivity index (χ4n) is 3.46. The molecule has 2 heterocycles. The first-order chi connectivity index (χ1) is 15.5. The van der Waals surface area contributed by atoms with Crippen LogP contribution < -0.4 is 5.32 Å². The van der Waals surface area contributed by atoms with Gasteiger partial charge in [0.05, 0.1) is 24.9 Å². The largest absolute Gasteiger partial charge is 0.465 e. The third-order valence-corrected chi connectivity index (χ3v) is 8.00. The Morgan fingerprint density at radius 3 is 2.55 bits per heavy atom. The van der Waals surface area contributed by atoms with E-state index in [4.69, 9.17) is 0 Å². The third-order valence-electron chi connectivity index (χ3n) is 5.04. The Bertz CT molecular complexity index is 1120. The molecule has 1 aromatic heterocycles. The average molecular weight is 506 g/mol. The van der Waals surface area contributed by atoms with Crippen LogP contribution >= 0.6 is 11.3 Å². The molecule has 8 nitrogen and oxygen atoms in total. The molecular weight excluding hydrogens is 483 g/mol. The maximum Gasteiger partial charge on any atom is 0.418 e. The number of hydrogen-bond donors (Lipinski definition) is 1. The Hall–Kier alpha value is -2.48. The number of anilines is 1. The Morgan fingerprint density at radius 1 is 1.12 bits per heavy atom. The van der Waals surface area contributed by atoms with E-state index in [2.05, 4.69) is 10.1 Å². The number of halogens is 3. The smallest absolute Gasteiger partial charge is 0.418 e. The van der Waals surface area contributed by atoms with Crippen molar-refractivity contribution in [2.24, 2.45) is 0 Å². The van der Waals surface area contributed by atoms with Gasteiger partial charge in [-0.25, -0.2) is 13.2 Å². The van der Waals surface area contributed by atoms with Crippen LogP contribution in [0, 0.1) is 0 Å². The van der Waals surface area contributed by atoms with Crippen LogP contribution in [0.3, 0.4) is 0 Å². The van der Waals surface area contributed by atoms with E-state index in [1.165, 1.54) is 41.1 Å². The maximum absolute atomic E-state index is 13.1. The first-order valence-corrected chi connectivity index (χ1v) is 12.2. The van der Waals surface area contributed by atoms with Gasteiger partial charge in [-0.2, -0.15) is 17.5 Å². The minimum atomic E-state index is -4.61. The Morgan fingerprint density at radius 2 is 1.85 bits per heavy atom. The predicted molar refractivity (Wildman–Crippen MR) is 116 cm³/mol. The number of benzene rings is 1. The summed E-state index contributed by atoms with van der Waals surface area (Å²) in [5.74, 6) is -1.37. The number of carbonyl (C=O) groups excluding carboxylic acids is 2. The SMILES string of the molecule is COC(=O)c1sccc1S(=O)(=O)N1CCCN(CC(=O)Nc2ccccc2C(F)(F)F)CC1. The normalized spacial score (nSPS) is 16.2. The number of amides is 1. The van der Waals surface area contributed by atoms with Gasteiger partial charge in [0.1, 0.15) is 9.77 Å². The second kappa shape index (κ2) is 10.2. The van der Waals surface area contributed by atoms with Crippen molar-refractivity contribution < 1.29 is 35.9 Å². The van der Waals surface area contributed by atoms with Crippen LogP contribution in [-0.4, -0.2) is 69.3 Å². The molecule has 0 atom stereocenters. The molecule has 0 bridgehead atoms. The molecule has 0 aliphatic carbocycles. The van der Waals surface area contributed by atoms with Crippen molar-refractivity contribution in [3.8, 4) is 0 Å². The molecule has 13 heteroatoms. The van der Waals surface area contributed by atoms with E-state index in [1.54, 1.807) is 4.90 Å². The summed E-state index contributed by atoms with van der Waals surface area (Å²) in [4.78, 5) is 25.8. The number of rotatable bonds is 6. The number of thiophene rings is 1. The lowest BCUT2D eigenvalue weighted by Crippen LogP contribution is -2.38. The van der Waals surface area contributed by atoms with Crippen LogP contribution in [0.1, 0.15) is 21.7 Å². The molecule has 2 aromatic rings. The van der Waals surface area contributed by atoms with Gasteiger partial charge in [-0.05, 0) is 36.5 Å². The van der Waals surface area contributed by atoms with Crippen molar-refractivity contribution in [2.45, 2.75) is 17.5 Å². The summed E-state index contributed by atoms with van der Waals surface area (Å²) >= 11 is 0.967. The standard InChI is InChI=1S/C20H22F3N3O5S2/c1-31-19(28)18-16(7-12-32-18)33(29,30)26-9-4-8-25(10-11-26)13-17(27)24-15-6-3-2-5-14(15)20(21,22)23/h2-3,5-7,12H,4,8-11,13H2,1H3,(H,24,27).